The van der Waals surface area contributed by atoms with Gasteiger partial charge in [-0.25, -0.2) is 0 Å². The van der Waals surface area contributed by atoms with Crippen LogP contribution in [0.25, 0.3) is 0 Å². The third-order valence-corrected chi connectivity index (χ3v) is 4.90. The molecule has 1 aliphatic carbocycles. The summed E-state index contributed by atoms with van der Waals surface area (Å²) in [5.74, 6) is 0.327. The van der Waals surface area contributed by atoms with E-state index in [1.54, 1.807) is 0 Å². The maximum absolute atomic E-state index is 12.3. The second-order valence-electron chi connectivity index (χ2n) is 6.37. The molecule has 1 fully saturated rings. The fourth-order valence-electron chi connectivity index (χ4n) is 3.51. The average molecular weight is 286 g/mol. The summed E-state index contributed by atoms with van der Waals surface area (Å²) >= 11 is 0. The molecule has 1 atom stereocenters. The van der Waals surface area contributed by atoms with Gasteiger partial charge in [-0.2, -0.15) is 0 Å². The second-order valence-corrected chi connectivity index (χ2v) is 6.37. The molecule has 1 aromatic carbocycles. The number of likely N-dealkylation sites (tertiary alicyclic amines) is 1. The van der Waals surface area contributed by atoms with E-state index in [1.807, 2.05) is 4.90 Å². The van der Waals surface area contributed by atoms with E-state index in [0.717, 1.165) is 38.9 Å². The Kier molecular flexibility index (Phi) is 4.59. The van der Waals surface area contributed by atoms with Crippen molar-refractivity contribution < 1.29 is 4.79 Å². The van der Waals surface area contributed by atoms with Gasteiger partial charge < -0.3 is 4.90 Å². The number of carbonyl (C=O) groups excluding carboxylic acids is 1. The Morgan fingerprint density at radius 2 is 2.05 bits per heavy atom. The van der Waals surface area contributed by atoms with Crippen molar-refractivity contribution in [3.63, 3.8) is 0 Å². The normalized spacial score (nSPS) is 21.0. The van der Waals surface area contributed by atoms with Crippen LogP contribution in [-0.4, -0.2) is 47.9 Å². The summed E-state index contributed by atoms with van der Waals surface area (Å²) in [5.41, 5.74) is 2.98. The lowest BCUT2D eigenvalue weighted by atomic mass is 9.87. The highest BCUT2D eigenvalue weighted by molar-refractivity contribution is 5.79. The maximum Gasteiger partial charge on any atom is 0.236 e. The molecule has 0 saturated carbocycles. The summed E-state index contributed by atoms with van der Waals surface area (Å²) < 4.78 is 0. The Labute approximate surface area is 127 Å². The molecule has 1 amide bonds. The number of hydrogen-bond acceptors (Lipinski definition) is 2. The van der Waals surface area contributed by atoms with Crippen LogP contribution in [-0.2, 0) is 17.6 Å². The third-order valence-electron chi connectivity index (χ3n) is 4.90. The van der Waals surface area contributed by atoms with Gasteiger partial charge in [0.1, 0.15) is 0 Å². The average Bonchev–Trinajstić information content (AvgIpc) is 2.44. The molecule has 0 N–H and O–H groups in total. The summed E-state index contributed by atoms with van der Waals surface area (Å²) in [6, 6.07) is 9.31. The van der Waals surface area contributed by atoms with Crippen molar-refractivity contribution in [2.24, 2.45) is 0 Å². The van der Waals surface area contributed by atoms with E-state index in [1.165, 1.54) is 24.0 Å². The zero-order valence-electron chi connectivity index (χ0n) is 13.1. The molecule has 0 unspecified atom stereocenters. The van der Waals surface area contributed by atoms with Crippen LogP contribution in [0.1, 0.15) is 37.3 Å². The van der Waals surface area contributed by atoms with Crippen LogP contribution in [0.5, 0.6) is 0 Å². The van der Waals surface area contributed by atoms with Gasteiger partial charge >= 0.3 is 0 Å². The SMILES string of the molecule is CCCN(CC(=O)N1CCC1)[C@@H]1CCc2ccccc2C1. The van der Waals surface area contributed by atoms with E-state index < -0.39 is 0 Å². The molecule has 1 heterocycles. The van der Waals surface area contributed by atoms with Crippen LogP contribution in [0.2, 0.25) is 0 Å². The number of amides is 1. The first kappa shape index (κ1) is 14.6. The Balaban J connectivity index is 1.65. The predicted octanol–water partition coefficient (Wildman–Crippen LogP) is 2.49. The van der Waals surface area contributed by atoms with Crippen molar-refractivity contribution in [3.05, 3.63) is 35.4 Å². The highest BCUT2D eigenvalue weighted by atomic mass is 16.2. The minimum absolute atomic E-state index is 0.327. The molecule has 3 heteroatoms. The molecule has 1 aliphatic heterocycles. The van der Waals surface area contributed by atoms with Crippen LogP contribution >= 0.6 is 0 Å². The van der Waals surface area contributed by atoms with Crippen molar-refractivity contribution >= 4 is 5.91 Å². The van der Waals surface area contributed by atoms with Gasteiger partial charge in [-0.1, -0.05) is 31.2 Å². The number of rotatable bonds is 5. The first-order valence-corrected chi connectivity index (χ1v) is 8.36. The summed E-state index contributed by atoms with van der Waals surface area (Å²) in [5, 5.41) is 0. The highest BCUT2D eigenvalue weighted by Gasteiger charge is 2.28. The van der Waals surface area contributed by atoms with Gasteiger partial charge in [-0.3, -0.25) is 9.69 Å². The second kappa shape index (κ2) is 6.61. The van der Waals surface area contributed by atoms with Gasteiger partial charge in [0.2, 0.25) is 5.91 Å². The van der Waals surface area contributed by atoms with Crippen LogP contribution in [0, 0.1) is 0 Å². The lowest BCUT2D eigenvalue weighted by Gasteiger charge is -2.38. The Morgan fingerprint density at radius 1 is 1.29 bits per heavy atom. The minimum atomic E-state index is 0.327. The lowest BCUT2D eigenvalue weighted by Crippen LogP contribution is -2.50. The van der Waals surface area contributed by atoms with Gasteiger partial charge in [0.15, 0.2) is 0 Å². The number of benzene rings is 1. The predicted molar refractivity (Wildman–Crippen MR) is 85.3 cm³/mol. The molecule has 21 heavy (non-hydrogen) atoms. The monoisotopic (exact) mass is 286 g/mol. The highest BCUT2D eigenvalue weighted by Crippen LogP contribution is 2.25. The fourth-order valence-corrected chi connectivity index (χ4v) is 3.51. The van der Waals surface area contributed by atoms with E-state index in [-0.39, 0.29) is 0 Å². The largest absolute Gasteiger partial charge is 0.341 e. The Bertz CT molecular complexity index is 496. The number of fused-ring (bicyclic) bond motifs is 1. The smallest absolute Gasteiger partial charge is 0.236 e. The standard InChI is InChI=1S/C18H26N2O/c1-2-10-20(14-18(21)19-11-5-12-19)17-9-8-15-6-3-4-7-16(15)13-17/h3-4,6-7,17H,2,5,8-14H2,1H3/t17-/m1/s1. The van der Waals surface area contributed by atoms with Gasteiger partial charge in [0, 0.05) is 19.1 Å². The van der Waals surface area contributed by atoms with Crippen molar-refractivity contribution in [2.45, 2.75) is 45.1 Å². The molecule has 1 aromatic rings. The topological polar surface area (TPSA) is 23.6 Å². The molecule has 0 aromatic heterocycles. The molecule has 3 rings (SSSR count). The van der Waals surface area contributed by atoms with E-state index in [4.69, 9.17) is 0 Å². The molecule has 1 saturated heterocycles. The van der Waals surface area contributed by atoms with E-state index >= 15 is 0 Å². The van der Waals surface area contributed by atoms with Gasteiger partial charge in [-0.05, 0) is 49.8 Å². The van der Waals surface area contributed by atoms with Crippen molar-refractivity contribution in [1.82, 2.24) is 9.80 Å². The Hall–Kier alpha value is -1.35. The fraction of sp³-hybridized carbons (Fsp3) is 0.611. The first-order chi connectivity index (χ1) is 10.3. The van der Waals surface area contributed by atoms with Crippen LogP contribution in [0.15, 0.2) is 24.3 Å². The van der Waals surface area contributed by atoms with Gasteiger partial charge in [-0.15, -0.1) is 0 Å². The number of nitrogens with zero attached hydrogens (tertiary/aromatic N) is 2. The van der Waals surface area contributed by atoms with E-state index in [0.29, 0.717) is 18.5 Å². The quantitative estimate of drug-likeness (QED) is 0.830. The first-order valence-electron chi connectivity index (χ1n) is 8.36. The molecular formula is C18H26N2O. The Morgan fingerprint density at radius 3 is 2.71 bits per heavy atom. The number of hydrogen-bond donors (Lipinski definition) is 0. The van der Waals surface area contributed by atoms with Crippen molar-refractivity contribution in [1.29, 1.82) is 0 Å². The summed E-state index contributed by atoms with van der Waals surface area (Å²) in [6.45, 7) is 5.78. The maximum atomic E-state index is 12.3. The molecule has 114 valence electrons. The van der Waals surface area contributed by atoms with Crippen molar-refractivity contribution in [2.75, 3.05) is 26.2 Å². The molecule has 3 nitrogen and oxygen atoms in total. The minimum Gasteiger partial charge on any atom is -0.341 e. The number of aryl methyl sites for hydroxylation is 1. The van der Waals surface area contributed by atoms with Crippen LogP contribution < -0.4 is 0 Å². The molecule has 0 radical (unpaired) electrons. The van der Waals surface area contributed by atoms with E-state index in [9.17, 15) is 4.79 Å². The molecule has 0 spiro atoms. The zero-order valence-corrected chi connectivity index (χ0v) is 13.1. The molecular weight excluding hydrogens is 260 g/mol. The van der Waals surface area contributed by atoms with Crippen LogP contribution in [0.3, 0.4) is 0 Å². The van der Waals surface area contributed by atoms with E-state index in [2.05, 4.69) is 36.1 Å². The number of carbonyl (C=O) groups is 1. The van der Waals surface area contributed by atoms with Gasteiger partial charge in [0.05, 0.1) is 6.54 Å². The summed E-state index contributed by atoms with van der Waals surface area (Å²) in [6.07, 6.45) is 5.73. The lowest BCUT2D eigenvalue weighted by molar-refractivity contribution is -0.136. The third kappa shape index (κ3) is 3.29. The molecule has 2 aliphatic rings. The molecule has 0 bridgehead atoms. The zero-order chi connectivity index (χ0) is 14.7. The van der Waals surface area contributed by atoms with Gasteiger partial charge in [0.25, 0.3) is 0 Å². The summed E-state index contributed by atoms with van der Waals surface area (Å²) in [7, 11) is 0. The van der Waals surface area contributed by atoms with Crippen molar-refractivity contribution in [3.8, 4) is 0 Å². The summed E-state index contributed by atoms with van der Waals surface area (Å²) in [4.78, 5) is 16.7. The van der Waals surface area contributed by atoms with Crippen LogP contribution in [0.4, 0.5) is 0 Å².